The van der Waals surface area contributed by atoms with Gasteiger partial charge in [-0.25, -0.2) is 9.29 Å². The van der Waals surface area contributed by atoms with Gasteiger partial charge in [0, 0.05) is 12.3 Å². The van der Waals surface area contributed by atoms with Crippen molar-refractivity contribution in [3.8, 4) is 0 Å². The number of esters is 2. The molecule has 0 aliphatic carbocycles. The van der Waals surface area contributed by atoms with Crippen molar-refractivity contribution in [3.05, 3.63) is 12.7 Å². The highest BCUT2D eigenvalue weighted by molar-refractivity contribution is 5.82. The lowest BCUT2D eigenvalue weighted by Crippen LogP contribution is -2.49. The van der Waals surface area contributed by atoms with E-state index in [4.69, 9.17) is 14.2 Å². The maximum absolute atomic E-state index is 13.7. The first kappa shape index (κ1) is 19.8. The summed E-state index contributed by atoms with van der Waals surface area (Å²) >= 11 is 0. The molecular weight excluding hydrogens is 329 g/mol. The Balaban J connectivity index is 2.17. The first-order valence-electron chi connectivity index (χ1n) is 8.77. The van der Waals surface area contributed by atoms with Crippen LogP contribution in [0, 0.1) is 5.92 Å². The fraction of sp³-hybridized carbons (Fsp3) is 0.778. The summed E-state index contributed by atoms with van der Waals surface area (Å²) in [5.41, 5.74) is -0.638. The predicted octanol–water partition coefficient (Wildman–Crippen LogP) is 2.57. The van der Waals surface area contributed by atoms with Crippen LogP contribution in [0.25, 0.3) is 0 Å². The molecule has 2 heterocycles. The Morgan fingerprint density at radius 2 is 2.04 bits per heavy atom. The molecule has 6 nitrogen and oxygen atoms in total. The second-order valence-electron chi connectivity index (χ2n) is 7.50. The number of hydrogen-bond acceptors (Lipinski definition) is 6. The molecule has 0 aromatic heterocycles. The second kappa shape index (κ2) is 7.83. The molecule has 5 atom stereocenters. The van der Waals surface area contributed by atoms with Crippen LogP contribution in [-0.4, -0.2) is 53.7 Å². The van der Waals surface area contributed by atoms with E-state index in [9.17, 15) is 14.0 Å². The number of alkyl halides is 1. The highest BCUT2D eigenvalue weighted by atomic mass is 19.1. The Bertz CT molecular complexity index is 514. The number of epoxide rings is 1. The van der Waals surface area contributed by atoms with Gasteiger partial charge in [0.25, 0.3) is 0 Å². The summed E-state index contributed by atoms with van der Waals surface area (Å²) < 4.78 is 29.5. The third-order valence-electron chi connectivity index (χ3n) is 4.21. The molecule has 0 radical (unpaired) electrons. The minimum Gasteiger partial charge on any atom is -0.459 e. The predicted molar refractivity (Wildman–Crippen MR) is 89.2 cm³/mol. The van der Waals surface area contributed by atoms with Crippen molar-refractivity contribution in [2.45, 2.75) is 77.2 Å². The zero-order valence-electron chi connectivity index (χ0n) is 15.4. The molecule has 0 bridgehead atoms. The van der Waals surface area contributed by atoms with Crippen LogP contribution in [0.5, 0.6) is 0 Å². The number of hydrogen-bond donors (Lipinski definition) is 0. The standard InChI is InChI=1S/C18H28FNO5/c1-6-8-13(19)24-17(22)15-11(7-2)9-12(20(15)14-10-23-14)16(21)25-18(3,4)5/h7,11-15H,2,6,8-10H2,1,3-5H3/t11-,12-,13?,14?,15-/m1/s1. The van der Waals surface area contributed by atoms with Crippen molar-refractivity contribution in [3.63, 3.8) is 0 Å². The first-order valence-corrected chi connectivity index (χ1v) is 8.77. The summed E-state index contributed by atoms with van der Waals surface area (Å²) in [6.07, 6.45) is 0.684. The average molecular weight is 357 g/mol. The Labute approximate surface area is 148 Å². The summed E-state index contributed by atoms with van der Waals surface area (Å²) in [5.74, 6) is -1.44. The van der Waals surface area contributed by atoms with Gasteiger partial charge in [-0.05, 0) is 33.6 Å². The highest BCUT2D eigenvalue weighted by Gasteiger charge is 2.55. The summed E-state index contributed by atoms with van der Waals surface area (Å²) in [7, 11) is 0. The molecular formula is C18H28FNO5. The lowest BCUT2D eigenvalue weighted by molar-refractivity contribution is -0.169. The number of likely N-dealkylation sites (tertiary alicyclic amines) is 1. The van der Waals surface area contributed by atoms with Crippen molar-refractivity contribution in [1.29, 1.82) is 0 Å². The van der Waals surface area contributed by atoms with Gasteiger partial charge in [0.2, 0.25) is 6.36 Å². The Morgan fingerprint density at radius 3 is 2.52 bits per heavy atom. The number of rotatable bonds is 7. The minimum absolute atomic E-state index is 0.145. The van der Waals surface area contributed by atoms with E-state index in [0.29, 0.717) is 19.4 Å². The quantitative estimate of drug-likeness (QED) is 0.396. The number of halogens is 1. The van der Waals surface area contributed by atoms with E-state index in [1.807, 2.05) is 6.92 Å². The zero-order valence-corrected chi connectivity index (χ0v) is 15.4. The molecule has 2 fully saturated rings. The van der Waals surface area contributed by atoms with Gasteiger partial charge in [-0.1, -0.05) is 13.0 Å². The molecule has 2 rings (SSSR count). The molecule has 25 heavy (non-hydrogen) atoms. The first-order chi connectivity index (χ1) is 11.7. The largest absolute Gasteiger partial charge is 0.459 e. The van der Waals surface area contributed by atoms with E-state index in [2.05, 4.69) is 6.58 Å². The van der Waals surface area contributed by atoms with E-state index in [1.54, 1.807) is 31.7 Å². The van der Waals surface area contributed by atoms with Gasteiger partial charge in [-0.3, -0.25) is 9.59 Å². The van der Waals surface area contributed by atoms with Crippen molar-refractivity contribution >= 4 is 11.9 Å². The molecule has 0 saturated carbocycles. The monoisotopic (exact) mass is 357 g/mol. The van der Waals surface area contributed by atoms with Crippen LogP contribution in [0.1, 0.15) is 47.0 Å². The van der Waals surface area contributed by atoms with Gasteiger partial charge in [-0.15, -0.1) is 6.58 Å². The molecule has 7 heteroatoms. The van der Waals surface area contributed by atoms with Gasteiger partial charge >= 0.3 is 11.9 Å². The molecule has 2 saturated heterocycles. The van der Waals surface area contributed by atoms with Gasteiger partial charge < -0.3 is 14.2 Å². The van der Waals surface area contributed by atoms with Crippen LogP contribution < -0.4 is 0 Å². The van der Waals surface area contributed by atoms with E-state index in [0.717, 1.165) is 0 Å². The fourth-order valence-electron chi connectivity index (χ4n) is 3.11. The molecule has 0 spiro atoms. The minimum atomic E-state index is -1.65. The topological polar surface area (TPSA) is 68.4 Å². The van der Waals surface area contributed by atoms with Crippen molar-refractivity contribution in [1.82, 2.24) is 4.90 Å². The molecule has 2 aliphatic rings. The van der Waals surface area contributed by atoms with Crippen molar-refractivity contribution in [2.24, 2.45) is 5.92 Å². The van der Waals surface area contributed by atoms with E-state index in [-0.39, 0.29) is 18.6 Å². The van der Waals surface area contributed by atoms with Crippen LogP contribution >= 0.6 is 0 Å². The molecule has 142 valence electrons. The Kier molecular flexibility index (Phi) is 6.21. The maximum Gasteiger partial charge on any atom is 0.326 e. The molecule has 2 aliphatic heterocycles. The molecule has 0 aromatic rings. The number of carbonyl (C=O) groups is 2. The summed E-state index contributed by atoms with van der Waals surface area (Å²) in [6.45, 7) is 11.3. The smallest absolute Gasteiger partial charge is 0.326 e. The molecule has 2 unspecified atom stereocenters. The van der Waals surface area contributed by atoms with Crippen LogP contribution in [0.4, 0.5) is 4.39 Å². The van der Waals surface area contributed by atoms with Gasteiger partial charge in [0.1, 0.15) is 23.9 Å². The zero-order chi connectivity index (χ0) is 18.8. The SMILES string of the molecule is C=C[C@@H]1C[C@H](C(=O)OC(C)(C)C)N(C2CO2)[C@H]1C(=O)OC(F)CCC. The second-order valence-corrected chi connectivity index (χ2v) is 7.50. The Morgan fingerprint density at radius 1 is 1.40 bits per heavy atom. The van der Waals surface area contributed by atoms with Crippen LogP contribution in [0.15, 0.2) is 12.7 Å². The van der Waals surface area contributed by atoms with Gasteiger partial charge in [0.05, 0.1) is 6.61 Å². The number of nitrogens with zero attached hydrogens (tertiary/aromatic N) is 1. The third kappa shape index (κ3) is 5.01. The summed E-state index contributed by atoms with van der Waals surface area (Å²) in [5, 5.41) is 0. The van der Waals surface area contributed by atoms with Crippen LogP contribution in [-0.2, 0) is 23.8 Å². The molecule has 0 amide bonds. The Hall–Kier alpha value is -1.47. The van der Waals surface area contributed by atoms with Crippen molar-refractivity contribution in [2.75, 3.05) is 6.61 Å². The lowest BCUT2D eigenvalue weighted by atomic mass is 9.99. The van der Waals surface area contributed by atoms with Crippen molar-refractivity contribution < 1.29 is 28.2 Å². The molecule has 0 N–H and O–H groups in total. The van der Waals surface area contributed by atoms with E-state index >= 15 is 0 Å². The lowest BCUT2D eigenvalue weighted by Gasteiger charge is -2.29. The molecule has 0 aromatic carbocycles. The fourth-order valence-corrected chi connectivity index (χ4v) is 3.11. The van der Waals surface area contributed by atoms with Crippen LogP contribution in [0.2, 0.25) is 0 Å². The third-order valence-corrected chi connectivity index (χ3v) is 4.21. The van der Waals surface area contributed by atoms with E-state index < -0.39 is 36.0 Å². The van der Waals surface area contributed by atoms with Gasteiger partial charge in [0.15, 0.2) is 0 Å². The normalized spacial score (nSPS) is 30.6. The van der Waals surface area contributed by atoms with E-state index in [1.165, 1.54) is 0 Å². The maximum atomic E-state index is 13.7. The van der Waals surface area contributed by atoms with Crippen LogP contribution in [0.3, 0.4) is 0 Å². The highest BCUT2D eigenvalue weighted by Crippen LogP contribution is 2.38. The number of carbonyl (C=O) groups excluding carboxylic acids is 2. The summed E-state index contributed by atoms with van der Waals surface area (Å²) in [6, 6.07) is -1.44. The van der Waals surface area contributed by atoms with Gasteiger partial charge in [-0.2, -0.15) is 0 Å². The number of ether oxygens (including phenoxy) is 3. The summed E-state index contributed by atoms with van der Waals surface area (Å²) in [4.78, 5) is 26.8. The average Bonchev–Trinajstić information content (AvgIpc) is 3.24.